The number of aromatic nitrogens is 1. The minimum atomic E-state index is -0.844. The Labute approximate surface area is 195 Å². The van der Waals surface area contributed by atoms with E-state index < -0.39 is 12.0 Å². The van der Waals surface area contributed by atoms with Crippen molar-refractivity contribution >= 4 is 50.3 Å². The Morgan fingerprint density at radius 3 is 2.67 bits per heavy atom. The van der Waals surface area contributed by atoms with Gasteiger partial charge < -0.3 is 25.3 Å². The molecule has 7 nitrogen and oxygen atoms in total. The number of thiazole rings is 1. The van der Waals surface area contributed by atoms with Gasteiger partial charge in [0.05, 0.1) is 16.8 Å². The number of aliphatic carboxylic acids is 1. The molecular weight excluding hydrogens is 438 g/mol. The Morgan fingerprint density at radius 2 is 1.88 bits per heavy atom. The first kappa shape index (κ1) is 22.3. The van der Waals surface area contributed by atoms with Gasteiger partial charge in [-0.3, -0.25) is 4.79 Å². The number of rotatable bonds is 11. The average molecular weight is 462 g/mol. The number of para-hydroxylation sites is 1. The number of hydrogen-bond donors (Lipinski definition) is 3. The maximum absolute atomic E-state index is 11.9. The number of hydrogen-bond acceptors (Lipinski definition) is 7. The lowest BCUT2D eigenvalue weighted by molar-refractivity contribution is -0.137. The number of carbonyl (C=O) groups is 2. The summed E-state index contributed by atoms with van der Waals surface area (Å²) >= 11 is 1.53. The van der Waals surface area contributed by atoms with E-state index in [0.29, 0.717) is 18.8 Å². The summed E-state index contributed by atoms with van der Waals surface area (Å²) in [5.74, 6) is -0.228. The summed E-state index contributed by atoms with van der Waals surface area (Å²) in [6.07, 6.45) is 1.36. The number of anilines is 3. The molecule has 4 rings (SSSR count). The quantitative estimate of drug-likeness (QED) is 0.196. The van der Waals surface area contributed by atoms with Crippen LogP contribution in [0.2, 0.25) is 0 Å². The standard InChI is InChI=1S/C25H23N3O4S/c29-16-22(26-19-8-4-9-20(15-19)32-13-5-10-24(30)31)17-11-12-21-23(14-17)33-25(28-21)27-18-6-2-1-3-7-18/h1-4,6-9,11-12,14-16,22,26H,5,10,13H2,(H,27,28)(H,30,31). The van der Waals surface area contributed by atoms with Gasteiger partial charge in [0.2, 0.25) is 0 Å². The van der Waals surface area contributed by atoms with E-state index in [1.54, 1.807) is 12.1 Å². The van der Waals surface area contributed by atoms with E-state index in [1.165, 1.54) is 11.3 Å². The first-order valence-electron chi connectivity index (χ1n) is 10.5. The number of benzene rings is 3. The van der Waals surface area contributed by atoms with Crippen LogP contribution < -0.4 is 15.4 Å². The molecule has 0 spiro atoms. The van der Waals surface area contributed by atoms with Crippen LogP contribution in [0.25, 0.3) is 10.2 Å². The van der Waals surface area contributed by atoms with Crippen LogP contribution >= 0.6 is 11.3 Å². The van der Waals surface area contributed by atoms with Crippen molar-refractivity contribution in [3.05, 3.63) is 78.4 Å². The number of ether oxygens (including phenoxy) is 1. The predicted molar refractivity (Wildman–Crippen MR) is 131 cm³/mol. The first-order chi connectivity index (χ1) is 16.1. The number of nitrogens with zero attached hydrogens (tertiary/aromatic N) is 1. The third-order valence-electron chi connectivity index (χ3n) is 4.89. The molecule has 0 aliphatic rings. The molecule has 0 aliphatic heterocycles. The number of carbonyl (C=O) groups excluding carboxylic acids is 1. The van der Waals surface area contributed by atoms with Gasteiger partial charge in [-0.2, -0.15) is 0 Å². The zero-order valence-corrected chi connectivity index (χ0v) is 18.5. The van der Waals surface area contributed by atoms with Gasteiger partial charge in [0.1, 0.15) is 18.1 Å². The lowest BCUT2D eigenvalue weighted by Crippen LogP contribution is -2.12. The highest BCUT2D eigenvalue weighted by atomic mass is 32.1. The van der Waals surface area contributed by atoms with E-state index in [9.17, 15) is 9.59 Å². The molecule has 0 saturated carbocycles. The van der Waals surface area contributed by atoms with Crippen molar-refractivity contribution in [2.24, 2.45) is 0 Å². The Bertz CT molecular complexity index is 1240. The van der Waals surface area contributed by atoms with Crippen molar-refractivity contribution in [3.8, 4) is 5.75 Å². The molecule has 1 aromatic heterocycles. The Morgan fingerprint density at radius 1 is 1.06 bits per heavy atom. The van der Waals surface area contributed by atoms with E-state index in [0.717, 1.165) is 38.6 Å². The molecule has 0 amide bonds. The van der Waals surface area contributed by atoms with Crippen molar-refractivity contribution in [2.75, 3.05) is 17.2 Å². The van der Waals surface area contributed by atoms with E-state index in [1.807, 2.05) is 60.7 Å². The third-order valence-corrected chi connectivity index (χ3v) is 5.83. The van der Waals surface area contributed by atoms with Gasteiger partial charge in [0, 0.05) is 23.9 Å². The highest BCUT2D eigenvalue weighted by molar-refractivity contribution is 7.22. The van der Waals surface area contributed by atoms with Gasteiger partial charge >= 0.3 is 5.97 Å². The van der Waals surface area contributed by atoms with Crippen LogP contribution in [-0.4, -0.2) is 29.0 Å². The minimum absolute atomic E-state index is 0.0633. The second-order valence-corrected chi connectivity index (χ2v) is 8.40. The summed E-state index contributed by atoms with van der Waals surface area (Å²) in [7, 11) is 0. The Hall–Kier alpha value is -3.91. The molecular formula is C25H23N3O4S. The maximum Gasteiger partial charge on any atom is 0.303 e. The van der Waals surface area contributed by atoms with Crippen molar-refractivity contribution in [3.63, 3.8) is 0 Å². The van der Waals surface area contributed by atoms with E-state index in [2.05, 4.69) is 15.6 Å². The molecule has 0 aliphatic carbocycles. The fourth-order valence-corrected chi connectivity index (χ4v) is 4.23. The smallest absolute Gasteiger partial charge is 0.303 e. The molecule has 0 bridgehead atoms. The summed E-state index contributed by atoms with van der Waals surface area (Å²) in [6.45, 7) is 0.314. The Balaban J connectivity index is 1.45. The molecule has 1 atom stereocenters. The normalized spacial score (nSPS) is 11.6. The fourth-order valence-electron chi connectivity index (χ4n) is 3.30. The molecule has 33 heavy (non-hydrogen) atoms. The lowest BCUT2D eigenvalue weighted by Gasteiger charge is -2.15. The van der Waals surface area contributed by atoms with Crippen LogP contribution in [-0.2, 0) is 9.59 Å². The number of aldehydes is 1. The predicted octanol–water partition coefficient (Wildman–Crippen LogP) is 5.64. The largest absolute Gasteiger partial charge is 0.494 e. The molecule has 3 N–H and O–H groups in total. The summed E-state index contributed by atoms with van der Waals surface area (Å²) in [4.78, 5) is 27.1. The van der Waals surface area contributed by atoms with Gasteiger partial charge in [-0.15, -0.1) is 0 Å². The van der Waals surface area contributed by atoms with Crippen LogP contribution in [0.3, 0.4) is 0 Å². The van der Waals surface area contributed by atoms with E-state index >= 15 is 0 Å². The van der Waals surface area contributed by atoms with Crippen LogP contribution in [0.1, 0.15) is 24.4 Å². The molecule has 0 saturated heterocycles. The van der Waals surface area contributed by atoms with Crippen LogP contribution in [0.5, 0.6) is 5.75 Å². The van der Waals surface area contributed by atoms with E-state index in [4.69, 9.17) is 9.84 Å². The van der Waals surface area contributed by atoms with Crippen LogP contribution in [0.4, 0.5) is 16.5 Å². The van der Waals surface area contributed by atoms with Crippen molar-refractivity contribution < 1.29 is 19.4 Å². The van der Waals surface area contributed by atoms with Gasteiger partial charge in [-0.1, -0.05) is 41.7 Å². The first-order valence-corrected chi connectivity index (χ1v) is 11.3. The third kappa shape index (κ3) is 6.08. The second-order valence-electron chi connectivity index (χ2n) is 7.37. The molecule has 4 aromatic rings. The minimum Gasteiger partial charge on any atom is -0.494 e. The zero-order valence-electron chi connectivity index (χ0n) is 17.7. The summed E-state index contributed by atoms with van der Waals surface area (Å²) < 4.78 is 6.60. The highest BCUT2D eigenvalue weighted by Gasteiger charge is 2.13. The number of carboxylic acid groups (broad SMARTS) is 1. The topological polar surface area (TPSA) is 101 Å². The summed E-state index contributed by atoms with van der Waals surface area (Å²) in [5, 5.41) is 16.0. The zero-order chi connectivity index (χ0) is 23.0. The van der Waals surface area contributed by atoms with Gasteiger partial charge in [0.25, 0.3) is 0 Å². The van der Waals surface area contributed by atoms with Gasteiger partial charge in [0.15, 0.2) is 5.13 Å². The fraction of sp³-hybridized carbons (Fsp3) is 0.160. The molecule has 8 heteroatoms. The van der Waals surface area contributed by atoms with Crippen LogP contribution in [0.15, 0.2) is 72.8 Å². The van der Waals surface area contributed by atoms with Crippen molar-refractivity contribution in [2.45, 2.75) is 18.9 Å². The SMILES string of the molecule is O=CC(Nc1cccc(OCCCC(=O)O)c1)c1ccc2nc(Nc3ccccc3)sc2c1. The van der Waals surface area contributed by atoms with Gasteiger partial charge in [-0.25, -0.2) is 4.98 Å². The summed E-state index contributed by atoms with van der Waals surface area (Å²) in [6, 6.07) is 22.4. The molecule has 168 valence electrons. The summed E-state index contributed by atoms with van der Waals surface area (Å²) in [5.41, 5.74) is 3.40. The maximum atomic E-state index is 11.9. The van der Waals surface area contributed by atoms with Crippen molar-refractivity contribution in [1.29, 1.82) is 0 Å². The van der Waals surface area contributed by atoms with Gasteiger partial charge in [-0.05, 0) is 48.4 Å². The molecule has 0 radical (unpaired) electrons. The van der Waals surface area contributed by atoms with E-state index in [-0.39, 0.29) is 6.42 Å². The molecule has 0 fully saturated rings. The monoisotopic (exact) mass is 461 g/mol. The van der Waals surface area contributed by atoms with Crippen LogP contribution in [0, 0.1) is 0 Å². The lowest BCUT2D eigenvalue weighted by atomic mass is 10.1. The molecule has 1 unspecified atom stereocenters. The highest BCUT2D eigenvalue weighted by Crippen LogP contribution is 2.31. The number of fused-ring (bicyclic) bond motifs is 1. The number of nitrogens with one attached hydrogen (secondary N) is 2. The molecule has 1 heterocycles. The second kappa shape index (κ2) is 10.6. The van der Waals surface area contributed by atoms with Crippen molar-refractivity contribution in [1.82, 2.24) is 4.98 Å². The average Bonchev–Trinajstić information content (AvgIpc) is 3.22. The molecule has 3 aromatic carbocycles. The Kier molecular flexibility index (Phi) is 7.16. The number of carboxylic acids is 1.